The highest BCUT2D eigenvalue weighted by Crippen LogP contribution is 2.14. The summed E-state index contributed by atoms with van der Waals surface area (Å²) in [5.74, 6) is -0.215. The number of likely N-dealkylation sites (tertiary alicyclic amines) is 1. The fourth-order valence-electron chi connectivity index (χ4n) is 2.70. The van der Waals surface area contributed by atoms with Crippen LogP contribution in [0.3, 0.4) is 0 Å². The molecule has 1 aromatic carbocycles. The van der Waals surface area contributed by atoms with Crippen molar-refractivity contribution in [1.29, 1.82) is 0 Å². The lowest BCUT2D eigenvalue weighted by Crippen LogP contribution is -2.27. The molecule has 0 saturated carbocycles. The first-order valence-corrected chi connectivity index (χ1v) is 8.94. The number of hydrogen-bond donors (Lipinski definition) is 0. The van der Waals surface area contributed by atoms with Crippen LogP contribution in [0.25, 0.3) is 0 Å². The van der Waals surface area contributed by atoms with E-state index in [1.165, 1.54) is 11.3 Å². The summed E-state index contributed by atoms with van der Waals surface area (Å²) in [7, 11) is 0. The number of amides is 1. The lowest BCUT2D eigenvalue weighted by atomic mass is 10.1. The van der Waals surface area contributed by atoms with Crippen LogP contribution in [0.4, 0.5) is 0 Å². The lowest BCUT2D eigenvalue weighted by Gasteiger charge is -2.15. The summed E-state index contributed by atoms with van der Waals surface area (Å²) >= 11 is 1.52. The van der Waals surface area contributed by atoms with E-state index in [1.54, 1.807) is 12.1 Å². The molecule has 1 aliphatic heterocycles. The largest absolute Gasteiger partial charge is 0.461 e. The zero-order valence-corrected chi connectivity index (χ0v) is 14.5. The van der Waals surface area contributed by atoms with Gasteiger partial charge < -0.3 is 9.64 Å². The molecule has 0 aliphatic carbocycles. The number of aromatic nitrogens is 1. The van der Waals surface area contributed by atoms with Crippen molar-refractivity contribution < 1.29 is 14.3 Å². The molecule has 0 spiro atoms. The Balaban J connectivity index is 1.50. The summed E-state index contributed by atoms with van der Waals surface area (Å²) < 4.78 is 5.27. The second-order valence-corrected chi connectivity index (χ2v) is 6.95. The Labute approximate surface area is 145 Å². The van der Waals surface area contributed by atoms with E-state index in [-0.39, 0.29) is 24.9 Å². The van der Waals surface area contributed by atoms with Gasteiger partial charge in [0.2, 0.25) is 0 Å². The maximum absolute atomic E-state index is 12.3. The molecule has 2 heterocycles. The number of benzene rings is 1. The highest BCUT2D eigenvalue weighted by Gasteiger charge is 2.19. The van der Waals surface area contributed by atoms with Crippen LogP contribution in [0.5, 0.6) is 0 Å². The number of thiazole rings is 1. The van der Waals surface area contributed by atoms with Crippen molar-refractivity contribution in [2.24, 2.45) is 0 Å². The molecular weight excluding hydrogens is 324 g/mol. The van der Waals surface area contributed by atoms with Crippen LogP contribution in [-0.4, -0.2) is 34.8 Å². The first kappa shape index (κ1) is 16.6. The maximum atomic E-state index is 12.3. The fraction of sp³-hybridized carbons (Fsp3) is 0.389. The predicted molar refractivity (Wildman–Crippen MR) is 91.9 cm³/mol. The highest BCUT2D eigenvalue weighted by molar-refractivity contribution is 7.09. The van der Waals surface area contributed by atoms with Crippen LogP contribution in [0.2, 0.25) is 0 Å². The van der Waals surface area contributed by atoms with Gasteiger partial charge in [0.05, 0.1) is 17.1 Å². The molecule has 126 valence electrons. The number of ether oxygens (including phenoxy) is 1. The molecule has 0 radical (unpaired) electrons. The quantitative estimate of drug-likeness (QED) is 0.783. The first-order valence-electron chi connectivity index (χ1n) is 8.06. The van der Waals surface area contributed by atoms with Crippen LogP contribution in [0, 0.1) is 6.92 Å². The molecule has 1 aromatic heterocycles. The van der Waals surface area contributed by atoms with E-state index in [9.17, 15) is 9.59 Å². The van der Waals surface area contributed by atoms with Crippen LogP contribution < -0.4 is 0 Å². The summed E-state index contributed by atoms with van der Waals surface area (Å²) in [4.78, 5) is 30.2. The van der Waals surface area contributed by atoms with Crippen LogP contribution in [0.15, 0.2) is 29.6 Å². The third-order valence-corrected chi connectivity index (χ3v) is 4.81. The van der Waals surface area contributed by atoms with E-state index in [0.29, 0.717) is 5.56 Å². The fourth-order valence-corrected chi connectivity index (χ4v) is 3.31. The second kappa shape index (κ2) is 7.57. The monoisotopic (exact) mass is 344 g/mol. The molecule has 0 atom stereocenters. The van der Waals surface area contributed by atoms with E-state index in [0.717, 1.165) is 42.2 Å². The minimum atomic E-state index is -0.294. The molecule has 24 heavy (non-hydrogen) atoms. The summed E-state index contributed by atoms with van der Waals surface area (Å²) in [5.41, 5.74) is 2.30. The summed E-state index contributed by atoms with van der Waals surface area (Å²) in [6.07, 6.45) is 2.35. The predicted octanol–water partition coefficient (Wildman–Crippen LogP) is 2.97. The van der Waals surface area contributed by atoms with Crippen molar-refractivity contribution >= 4 is 23.2 Å². The van der Waals surface area contributed by atoms with Gasteiger partial charge in [-0.25, -0.2) is 4.98 Å². The number of hydrogen-bond acceptors (Lipinski definition) is 5. The van der Waals surface area contributed by atoms with Crippen molar-refractivity contribution in [2.75, 3.05) is 13.1 Å². The average Bonchev–Trinajstić information content (AvgIpc) is 3.25. The number of rotatable bonds is 5. The molecular formula is C18H20N2O3S. The van der Waals surface area contributed by atoms with Gasteiger partial charge in [0.15, 0.2) is 0 Å². The first-order chi connectivity index (χ1) is 11.6. The number of aryl methyl sites for hydroxylation is 1. The second-order valence-electron chi connectivity index (χ2n) is 5.89. The van der Waals surface area contributed by atoms with Crippen molar-refractivity contribution in [2.45, 2.75) is 32.8 Å². The Morgan fingerprint density at radius 2 is 1.92 bits per heavy atom. The van der Waals surface area contributed by atoms with Crippen molar-refractivity contribution in [3.05, 3.63) is 51.5 Å². The molecule has 1 aliphatic rings. The number of esters is 1. The van der Waals surface area contributed by atoms with E-state index in [1.807, 2.05) is 29.3 Å². The van der Waals surface area contributed by atoms with Gasteiger partial charge in [0.25, 0.3) is 5.91 Å². The van der Waals surface area contributed by atoms with Crippen molar-refractivity contribution in [1.82, 2.24) is 9.88 Å². The molecule has 2 aromatic rings. The third-order valence-electron chi connectivity index (χ3n) is 3.99. The van der Waals surface area contributed by atoms with Gasteiger partial charge in [-0.2, -0.15) is 0 Å². The molecule has 1 fully saturated rings. The summed E-state index contributed by atoms with van der Waals surface area (Å²) in [6, 6.07) is 7.27. The minimum absolute atomic E-state index is 0.0787. The Hall–Kier alpha value is -2.21. The topological polar surface area (TPSA) is 59.5 Å². The Morgan fingerprint density at radius 3 is 2.54 bits per heavy atom. The van der Waals surface area contributed by atoms with Crippen LogP contribution in [-0.2, 0) is 22.6 Å². The van der Waals surface area contributed by atoms with Crippen LogP contribution >= 0.6 is 11.3 Å². The number of nitrogens with zero attached hydrogens (tertiary/aromatic N) is 2. The van der Waals surface area contributed by atoms with E-state index < -0.39 is 0 Å². The molecule has 6 heteroatoms. The zero-order valence-electron chi connectivity index (χ0n) is 13.7. The van der Waals surface area contributed by atoms with E-state index in [2.05, 4.69) is 4.98 Å². The lowest BCUT2D eigenvalue weighted by molar-refractivity contribution is -0.144. The SMILES string of the molecule is Cc1nc(CC(=O)OCc2ccc(C(=O)N3CCCC3)cc2)cs1. The minimum Gasteiger partial charge on any atom is -0.461 e. The Kier molecular flexibility index (Phi) is 5.25. The smallest absolute Gasteiger partial charge is 0.312 e. The molecule has 0 N–H and O–H groups in total. The van der Waals surface area contributed by atoms with E-state index >= 15 is 0 Å². The van der Waals surface area contributed by atoms with Crippen molar-refractivity contribution in [3.63, 3.8) is 0 Å². The number of carbonyl (C=O) groups is 2. The zero-order chi connectivity index (χ0) is 16.9. The molecule has 3 rings (SSSR count). The van der Waals surface area contributed by atoms with Gasteiger partial charge in [-0.15, -0.1) is 11.3 Å². The summed E-state index contributed by atoms with van der Waals surface area (Å²) in [6.45, 7) is 3.80. The van der Waals surface area contributed by atoms with Gasteiger partial charge >= 0.3 is 5.97 Å². The van der Waals surface area contributed by atoms with E-state index in [4.69, 9.17) is 4.74 Å². The van der Waals surface area contributed by atoms with Gasteiger partial charge in [-0.05, 0) is 37.5 Å². The summed E-state index contributed by atoms with van der Waals surface area (Å²) in [5, 5.41) is 2.81. The molecule has 1 amide bonds. The normalized spacial score (nSPS) is 14.0. The third kappa shape index (κ3) is 4.20. The van der Waals surface area contributed by atoms with Crippen LogP contribution in [0.1, 0.15) is 39.5 Å². The standard InChI is InChI=1S/C18H20N2O3S/c1-13-19-16(12-24-13)10-17(21)23-11-14-4-6-15(7-5-14)18(22)20-8-2-3-9-20/h4-7,12H,2-3,8-11H2,1H3. The van der Waals surface area contributed by atoms with Gasteiger partial charge in [-0.1, -0.05) is 12.1 Å². The Morgan fingerprint density at radius 1 is 1.21 bits per heavy atom. The Bertz CT molecular complexity index is 718. The molecule has 1 saturated heterocycles. The number of carbonyl (C=O) groups excluding carboxylic acids is 2. The van der Waals surface area contributed by atoms with Gasteiger partial charge in [-0.3, -0.25) is 9.59 Å². The highest BCUT2D eigenvalue weighted by atomic mass is 32.1. The van der Waals surface area contributed by atoms with Crippen molar-refractivity contribution in [3.8, 4) is 0 Å². The molecule has 0 unspecified atom stereocenters. The maximum Gasteiger partial charge on any atom is 0.312 e. The van der Waals surface area contributed by atoms with Gasteiger partial charge in [0.1, 0.15) is 6.61 Å². The molecule has 5 nitrogen and oxygen atoms in total. The molecule has 0 bridgehead atoms. The average molecular weight is 344 g/mol. The van der Waals surface area contributed by atoms with Gasteiger partial charge in [0, 0.05) is 24.0 Å².